The van der Waals surface area contributed by atoms with Crippen molar-refractivity contribution in [1.82, 2.24) is 14.5 Å². The van der Waals surface area contributed by atoms with Gasteiger partial charge in [0.05, 0.1) is 23.4 Å². The summed E-state index contributed by atoms with van der Waals surface area (Å²) in [6.45, 7) is 3.09. The van der Waals surface area contributed by atoms with Crippen molar-refractivity contribution in [2.45, 2.75) is 12.8 Å². The molecule has 2 aliphatic rings. The van der Waals surface area contributed by atoms with Crippen LogP contribution in [-0.2, 0) is 21.2 Å². The zero-order valence-electron chi connectivity index (χ0n) is 21.0. The third kappa shape index (κ3) is 6.61. The zero-order valence-corrected chi connectivity index (χ0v) is 22.6. The summed E-state index contributed by atoms with van der Waals surface area (Å²) in [4.78, 5) is 28.9. The quantitative estimate of drug-likeness (QED) is 0.485. The SMILES string of the molecule is CN(CC(=O)NCCCc1cccc(N2CC3CN(C(=O)c4c(F)cccc4Cl)CC3C2)c1)S(C)(=O)=O. The number of carbonyl (C=O) groups is 2. The van der Waals surface area contributed by atoms with Crippen LogP contribution in [0.15, 0.2) is 42.5 Å². The number of benzene rings is 2. The van der Waals surface area contributed by atoms with Gasteiger partial charge < -0.3 is 15.1 Å². The fraction of sp³-hybridized carbons (Fsp3) is 0.462. The first kappa shape index (κ1) is 27.3. The first-order valence-electron chi connectivity index (χ1n) is 12.3. The first-order valence-corrected chi connectivity index (χ1v) is 14.5. The predicted molar refractivity (Wildman–Crippen MR) is 142 cm³/mol. The van der Waals surface area contributed by atoms with Gasteiger partial charge in [0.15, 0.2) is 0 Å². The van der Waals surface area contributed by atoms with E-state index in [1.54, 1.807) is 4.90 Å². The van der Waals surface area contributed by atoms with Crippen LogP contribution in [0.4, 0.5) is 10.1 Å². The number of fused-ring (bicyclic) bond motifs is 1. The molecule has 0 aliphatic carbocycles. The van der Waals surface area contributed by atoms with Crippen molar-refractivity contribution < 1.29 is 22.4 Å². The summed E-state index contributed by atoms with van der Waals surface area (Å²) in [6, 6.07) is 12.6. The van der Waals surface area contributed by atoms with Crippen LogP contribution in [0.3, 0.4) is 0 Å². The van der Waals surface area contributed by atoms with Gasteiger partial charge in [0.25, 0.3) is 5.91 Å². The molecule has 2 saturated heterocycles. The second kappa shape index (κ2) is 11.4. The number of sulfonamides is 1. The average Bonchev–Trinajstić information content (AvgIpc) is 3.41. The Labute approximate surface area is 222 Å². The molecule has 37 heavy (non-hydrogen) atoms. The Morgan fingerprint density at radius 1 is 1.11 bits per heavy atom. The fourth-order valence-electron chi connectivity index (χ4n) is 5.03. The fourth-order valence-corrected chi connectivity index (χ4v) is 5.63. The van der Waals surface area contributed by atoms with E-state index < -0.39 is 15.8 Å². The highest BCUT2D eigenvalue weighted by Gasteiger charge is 2.42. The Morgan fingerprint density at radius 3 is 2.43 bits per heavy atom. The summed E-state index contributed by atoms with van der Waals surface area (Å²) in [6.07, 6.45) is 2.58. The van der Waals surface area contributed by atoms with E-state index in [1.165, 1.54) is 25.2 Å². The highest BCUT2D eigenvalue weighted by molar-refractivity contribution is 7.88. The summed E-state index contributed by atoms with van der Waals surface area (Å²) in [7, 11) is -2.01. The average molecular weight is 551 g/mol. The lowest BCUT2D eigenvalue weighted by molar-refractivity contribution is -0.121. The van der Waals surface area contributed by atoms with E-state index in [9.17, 15) is 22.4 Å². The largest absolute Gasteiger partial charge is 0.371 e. The van der Waals surface area contributed by atoms with Crippen LogP contribution in [0.2, 0.25) is 5.02 Å². The van der Waals surface area contributed by atoms with E-state index in [0.717, 1.165) is 47.7 Å². The van der Waals surface area contributed by atoms with Gasteiger partial charge in [0.2, 0.25) is 15.9 Å². The zero-order chi connectivity index (χ0) is 26.7. The van der Waals surface area contributed by atoms with Gasteiger partial charge in [0, 0.05) is 57.3 Å². The number of rotatable bonds is 9. The molecule has 2 unspecified atom stereocenters. The van der Waals surface area contributed by atoms with Crippen LogP contribution in [0.1, 0.15) is 22.3 Å². The molecule has 0 spiro atoms. The van der Waals surface area contributed by atoms with Gasteiger partial charge in [-0.15, -0.1) is 0 Å². The lowest BCUT2D eigenvalue weighted by Crippen LogP contribution is -2.38. The number of amides is 2. The second-order valence-electron chi connectivity index (χ2n) is 9.87. The molecule has 0 bridgehead atoms. The number of likely N-dealkylation sites (tertiary alicyclic amines) is 1. The normalized spacial score (nSPS) is 19.4. The topological polar surface area (TPSA) is 90.0 Å². The highest BCUT2D eigenvalue weighted by Crippen LogP contribution is 2.35. The molecule has 8 nitrogen and oxygen atoms in total. The minimum absolute atomic E-state index is 0.0488. The van der Waals surface area contributed by atoms with Crippen molar-refractivity contribution in [2.24, 2.45) is 11.8 Å². The molecule has 2 amide bonds. The van der Waals surface area contributed by atoms with E-state index in [-0.39, 0.29) is 28.9 Å². The van der Waals surface area contributed by atoms with Gasteiger partial charge in [-0.25, -0.2) is 12.8 Å². The number of halogens is 2. The summed E-state index contributed by atoms with van der Waals surface area (Å²) >= 11 is 6.10. The molecule has 0 aromatic heterocycles. The number of carbonyl (C=O) groups excluding carboxylic acids is 2. The lowest BCUT2D eigenvalue weighted by atomic mass is 10.0. The van der Waals surface area contributed by atoms with Crippen LogP contribution in [0, 0.1) is 17.7 Å². The number of likely N-dealkylation sites (N-methyl/N-ethyl adjacent to an activating group) is 1. The van der Waals surface area contributed by atoms with Gasteiger partial charge in [-0.2, -0.15) is 4.31 Å². The molecule has 11 heteroatoms. The minimum Gasteiger partial charge on any atom is -0.371 e. The van der Waals surface area contributed by atoms with Gasteiger partial charge in [-0.05, 0) is 42.7 Å². The van der Waals surface area contributed by atoms with Gasteiger partial charge in [0.1, 0.15) is 5.82 Å². The molecule has 2 fully saturated rings. The number of aryl methyl sites for hydroxylation is 1. The van der Waals surface area contributed by atoms with E-state index in [1.807, 2.05) is 6.07 Å². The smallest absolute Gasteiger partial charge is 0.258 e. The molecule has 4 rings (SSSR count). The molecule has 0 saturated carbocycles. The molecular formula is C26H32ClFN4O4S. The summed E-state index contributed by atoms with van der Waals surface area (Å²) in [5.41, 5.74) is 2.23. The van der Waals surface area contributed by atoms with E-state index in [2.05, 4.69) is 28.4 Å². The highest BCUT2D eigenvalue weighted by atomic mass is 35.5. The minimum atomic E-state index is -3.39. The predicted octanol–water partition coefficient (Wildman–Crippen LogP) is 2.63. The summed E-state index contributed by atoms with van der Waals surface area (Å²) in [5, 5.41) is 2.91. The van der Waals surface area contributed by atoms with Crippen molar-refractivity contribution in [2.75, 3.05) is 57.5 Å². The third-order valence-electron chi connectivity index (χ3n) is 7.12. The van der Waals surface area contributed by atoms with E-state index in [4.69, 9.17) is 11.6 Å². The van der Waals surface area contributed by atoms with Crippen molar-refractivity contribution in [3.63, 3.8) is 0 Å². The maximum Gasteiger partial charge on any atom is 0.258 e. The van der Waals surface area contributed by atoms with Gasteiger partial charge in [-0.1, -0.05) is 29.8 Å². The summed E-state index contributed by atoms with van der Waals surface area (Å²) in [5.74, 6) is -0.623. The van der Waals surface area contributed by atoms with Gasteiger partial charge >= 0.3 is 0 Å². The van der Waals surface area contributed by atoms with Crippen LogP contribution < -0.4 is 10.2 Å². The van der Waals surface area contributed by atoms with Crippen molar-refractivity contribution in [1.29, 1.82) is 0 Å². The lowest BCUT2D eigenvalue weighted by Gasteiger charge is -2.24. The number of nitrogens with one attached hydrogen (secondary N) is 1. The number of nitrogens with zero attached hydrogens (tertiary/aromatic N) is 3. The molecule has 2 atom stereocenters. The molecule has 2 heterocycles. The molecule has 2 aromatic rings. The maximum absolute atomic E-state index is 14.2. The maximum atomic E-state index is 14.2. The molecular weight excluding hydrogens is 519 g/mol. The van der Waals surface area contributed by atoms with Crippen molar-refractivity contribution in [3.8, 4) is 0 Å². The molecule has 2 aromatic carbocycles. The Morgan fingerprint density at radius 2 is 1.78 bits per heavy atom. The van der Waals surface area contributed by atoms with Gasteiger partial charge in [-0.3, -0.25) is 9.59 Å². The Balaban J connectivity index is 1.26. The first-order chi connectivity index (χ1) is 17.5. The third-order valence-corrected chi connectivity index (χ3v) is 8.70. The number of hydrogen-bond donors (Lipinski definition) is 1. The summed E-state index contributed by atoms with van der Waals surface area (Å²) < 4.78 is 38.1. The number of hydrogen-bond acceptors (Lipinski definition) is 5. The molecule has 2 aliphatic heterocycles. The molecule has 0 radical (unpaired) electrons. The van der Waals surface area contributed by atoms with Crippen molar-refractivity contribution >= 4 is 39.1 Å². The Bertz CT molecular complexity index is 1240. The van der Waals surface area contributed by atoms with E-state index >= 15 is 0 Å². The van der Waals surface area contributed by atoms with Crippen LogP contribution >= 0.6 is 11.6 Å². The number of anilines is 1. The second-order valence-corrected chi connectivity index (χ2v) is 12.4. The Hall–Kier alpha value is -2.69. The van der Waals surface area contributed by atoms with Crippen LogP contribution in [-0.4, -0.2) is 82.0 Å². The monoisotopic (exact) mass is 550 g/mol. The Kier molecular flexibility index (Phi) is 8.40. The van der Waals surface area contributed by atoms with Crippen LogP contribution in [0.5, 0.6) is 0 Å². The van der Waals surface area contributed by atoms with E-state index in [0.29, 0.717) is 31.5 Å². The molecule has 1 N–H and O–H groups in total. The van der Waals surface area contributed by atoms with Crippen LogP contribution in [0.25, 0.3) is 0 Å². The van der Waals surface area contributed by atoms with Crippen molar-refractivity contribution in [3.05, 3.63) is 64.4 Å². The molecule has 200 valence electrons. The standard InChI is InChI=1S/C26H32ClFN4O4S/c1-30(37(2,35)36)17-24(33)29-11-5-7-18-6-3-8-21(12-18)31-13-19-15-32(16-20(19)14-31)26(34)25-22(27)9-4-10-23(25)28/h3-4,6,8-10,12,19-20H,5,7,11,13-17H2,1-2H3,(H,29,33).